The largest absolute Gasteiger partial charge is 0.366 e. The predicted octanol–water partition coefficient (Wildman–Crippen LogP) is 4.22. The number of anilines is 1. The van der Waals surface area contributed by atoms with Crippen LogP contribution in [0.5, 0.6) is 0 Å². The van der Waals surface area contributed by atoms with Crippen LogP contribution in [0.2, 0.25) is 5.02 Å². The molecule has 3 nitrogen and oxygen atoms in total. The molecule has 0 unspecified atom stereocenters. The summed E-state index contributed by atoms with van der Waals surface area (Å²) in [5, 5.41) is 3.93. The fourth-order valence-electron chi connectivity index (χ4n) is 2.97. The Hall–Kier alpha value is -0.970. The Bertz CT molecular complexity index is 447. The van der Waals surface area contributed by atoms with Crippen LogP contribution in [-0.4, -0.2) is 29.4 Å². The van der Waals surface area contributed by atoms with Crippen LogP contribution in [0.1, 0.15) is 38.3 Å². The Balaban J connectivity index is 1.92. The van der Waals surface area contributed by atoms with Crippen molar-refractivity contribution < 1.29 is 8.78 Å². The molecule has 2 rings (SSSR count). The third-order valence-corrected chi connectivity index (χ3v) is 4.77. The number of halogens is 3. The topological polar surface area (TPSA) is 37.8 Å². The van der Waals surface area contributed by atoms with Crippen LogP contribution in [-0.2, 0) is 6.42 Å². The number of nitrogens with one attached hydrogen (secondary N) is 1. The van der Waals surface area contributed by atoms with E-state index < -0.39 is 19.3 Å². The summed E-state index contributed by atoms with van der Waals surface area (Å²) in [4.78, 5) is 8.33. The Labute approximate surface area is 129 Å². The van der Waals surface area contributed by atoms with Crippen LogP contribution in [0.3, 0.4) is 0 Å². The van der Waals surface area contributed by atoms with Gasteiger partial charge in [-0.1, -0.05) is 18.5 Å². The van der Waals surface area contributed by atoms with Gasteiger partial charge in [-0.25, -0.2) is 9.97 Å². The molecule has 21 heavy (non-hydrogen) atoms. The van der Waals surface area contributed by atoms with Crippen molar-refractivity contribution in [2.75, 3.05) is 18.7 Å². The van der Waals surface area contributed by atoms with E-state index in [-0.39, 0.29) is 12.0 Å². The number of alkyl halides is 2. The molecule has 6 heteroatoms. The highest BCUT2D eigenvalue weighted by molar-refractivity contribution is 6.33. The number of nitrogens with zero attached hydrogens (tertiary/aromatic N) is 2. The first-order chi connectivity index (χ1) is 10.2. The number of rotatable bonds is 6. The van der Waals surface area contributed by atoms with Crippen LogP contribution in [0.4, 0.5) is 14.6 Å². The average molecular weight is 318 g/mol. The van der Waals surface area contributed by atoms with Crippen molar-refractivity contribution in [2.24, 2.45) is 11.8 Å². The molecule has 0 amide bonds. The maximum Gasteiger partial charge on any atom is 0.148 e. The monoisotopic (exact) mass is 317 g/mol. The second-order valence-corrected chi connectivity index (χ2v) is 6.04. The van der Waals surface area contributed by atoms with Crippen molar-refractivity contribution in [2.45, 2.75) is 45.1 Å². The van der Waals surface area contributed by atoms with E-state index in [4.69, 9.17) is 11.6 Å². The van der Waals surface area contributed by atoms with Gasteiger partial charge in [-0.2, -0.15) is 0 Å². The third kappa shape index (κ3) is 4.02. The van der Waals surface area contributed by atoms with Gasteiger partial charge < -0.3 is 5.32 Å². The molecule has 1 heterocycles. The summed E-state index contributed by atoms with van der Waals surface area (Å²) in [5.41, 5.74) is 0.831. The van der Waals surface area contributed by atoms with E-state index in [1.807, 2.05) is 6.92 Å². The molecule has 0 aromatic carbocycles. The van der Waals surface area contributed by atoms with Gasteiger partial charge in [0.2, 0.25) is 0 Å². The molecule has 1 fully saturated rings. The van der Waals surface area contributed by atoms with Crippen molar-refractivity contribution in [3.63, 3.8) is 0 Å². The van der Waals surface area contributed by atoms with Crippen LogP contribution >= 0.6 is 11.6 Å². The van der Waals surface area contributed by atoms with Crippen molar-refractivity contribution in [1.82, 2.24) is 9.97 Å². The second kappa shape index (κ2) is 7.87. The molecule has 1 N–H and O–H groups in total. The highest BCUT2D eigenvalue weighted by atomic mass is 35.5. The minimum atomic E-state index is -0.559. The zero-order valence-corrected chi connectivity index (χ0v) is 13.0. The molecule has 0 atom stereocenters. The molecule has 1 aliphatic rings. The lowest BCUT2D eigenvalue weighted by molar-refractivity contribution is 0.166. The van der Waals surface area contributed by atoms with Crippen LogP contribution < -0.4 is 5.32 Å². The first-order valence-corrected chi connectivity index (χ1v) is 7.95. The predicted molar refractivity (Wildman–Crippen MR) is 81.2 cm³/mol. The fourth-order valence-corrected chi connectivity index (χ4v) is 3.26. The third-order valence-electron chi connectivity index (χ3n) is 4.37. The van der Waals surface area contributed by atoms with Gasteiger partial charge in [0.15, 0.2) is 0 Å². The van der Waals surface area contributed by atoms with Gasteiger partial charge in [0.25, 0.3) is 0 Å². The molecule has 0 spiro atoms. The van der Waals surface area contributed by atoms with E-state index in [0.29, 0.717) is 10.8 Å². The van der Waals surface area contributed by atoms with E-state index >= 15 is 0 Å². The lowest BCUT2D eigenvalue weighted by atomic mass is 9.79. The van der Waals surface area contributed by atoms with Gasteiger partial charge in [0, 0.05) is 12.0 Å². The normalized spacial score (nSPS) is 22.5. The highest BCUT2D eigenvalue weighted by Gasteiger charge is 2.28. The lowest BCUT2D eigenvalue weighted by Crippen LogP contribution is -2.31. The number of hydrogen-bond donors (Lipinski definition) is 1. The van der Waals surface area contributed by atoms with Gasteiger partial charge in [0.05, 0.1) is 19.0 Å². The van der Waals surface area contributed by atoms with Crippen molar-refractivity contribution >= 4 is 17.4 Å². The molecule has 1 saturated carbocycles. The molecule has 1 aromatic rings. The standard InChI is InChI=1S/C15H22ClF2N3/c1-2-13-14(16)15(20-9-19-13)21-12-5-3-10(4-6-12)11(7-17)8-18/h9-12H,2-8H2,1H3,(H,19,20,21)/t10-,12+. The lowest BCUT2D eigenvalue weighted by Gasteiger charge is -2.32. The highest BCUT2D eigenvalue weighted by Crippen LogP contribution is 2.33. The van der Waals surface area contributed by atoms with Crippen LogP contribution in [0.25, 0.3) is 0 Å². The Kier molecular flexibility index (Phi) is 6.15. The molecule has 118 valence electrons. The first kappa shape index (κ1) is 16.4. The summed E-state index contributed by atoms with van der Waals surface area (Å²) in [6.45, 7) is 0.880. The van der Waals surface area contributed by atoms with E-state index in [2.05, 4.69) is 15.3 Å². The van der Waals surface area contributed by atoms with Gasteiger partial charge in [-0.3, -0.25) is 8.78 Å². The summed E-state index contributed by atoms with van der Waals surface area (Å²) in [5.74, 6) is 0.393. The van der Waals surface area contributed by atoms with Crippen LogP contribution in [0, 0.1) is 11.8 Å². The number of hydrogen-bond acceptors (Lipinski definition) is 3. The molecular weight excluding hydrogens is 296 g/mol. The summed E-state index contributed by atoms with van der Waals surface area (Å²) >= 11 is 6.27. The zero-order chi connectivity index (χ0) is 15.2. The van der Waals surface area contributed by atoms with Gasteiger partial charge in [-0.05, 0) is 38.0 Å². The zero-order valence-electron chi connectivity index (χ0n) is 12.3. The molecule has 0 saturated heterocycles. The fraction of sp³-hybridized carbons (Fsp3) is 0.733. The van der Waals surface area contributed by atoms with Gasteiger partial charge in [-0.15, -0.1) is 0 Å². The van der Waals surface area contributed by atoms with E-state index in [1.165, 1.54) is 6.33 Å². The number of aromatic nitrogens is 2. The Morgan fingerprint density at radius 1 is 1.24 bits per heavy atom. The summed E-state index contributed by atoms with van der Waals surface area (Å²) in [7, 11) is 0. The minimum absolute atomic E-state index is 0.158. The maximum absolute atomic E-state index is 12.7. The number of aryl methyl sites for hydroxylation is 1. The second-order valence-electron chi connectivity index (χ2n) is 5.66. The molecule has 1 aliphatic carbocycles. The first-order valence-electron chi connectivity index (χ1n) is 7.57. The van der Waals surface area contributed by atoms with Gasteiger partial charge >= 0.3 is 0 Å². The van der Waals surface area contributed by atoms with E-state index in [1.54, 1.807) is 0 Å². The summed E-state index contributed by atoms with van der Waals surface area (Å²) in [6.07, 6.45) is 5.75. The quantitative estimate of drug-likeness (QED) is 0.853. The molecule has 0 aliphatic heterocycles. The molecule has 1 aromatic heterocycles. The molecule has 0 radical (unpaired) electrons. The van der Waals surface area contributed by atoms with E-state index in [0.717, 1.165) is 37.8 Å². The maximum atomic E-state index is 12.7. The Morgan fingerprint density at radius 3 is 2.48 bits per heavy atom. The van der Waals surface area contributed by atoms with Gasteiger partial charge in [0.1, 0.15) is 17.2 Å². The summed E-state index contributed by atoms with van der Waals surface area (Å²) < 4.78 is 25.5. The minimum Gasteiger partial charge on any atom is -0.366 e. The van der Waals surface area contributed by atoms with Crippen molar-refractivity contribution in [1.29, 1.82) is 0 Å². The Morgan fingerprint density at radius 2 is 1.90 bits per heavy atom. The molecular formula is C15H22ClF2N3. The average Bonchev–Trinajstić information content (AvgIpc) is 2.52. The van der Waals surface area contributed by atoms with Crippen LogP contribution in [0.15, 0.2) is 6.33 Å². The van der Waals surface area contributed by atoms with Crippen molar-refractivity contribution in [3.8, 4) is 0 Å². The van der Waals surface area contributed by atoms with E-state index in [9.17, 15) is 8.78 Å². The molecule has 0 bridgehead atoms. The smallest absolute Gasteiger partial charge is 0.148 e. The summed E-state index contributed by atoms with van der Waals surface area (Å²) in [6, 6.07) is 0.262. The SMILES string of the molecule is CCc1ncnc(N[C@H]2CC[C@@H](C(CF)CF)CC2)c1Cl. The van der Waals surface area contributed by atoms with Crippen molar-refractivity contribution in [3.05, 3.63) is 17.0 Å².